The van der Waals surface area contributed by atoms with Gasteiger partial charge in [-0.15, -0.1) is 0 Å². The van der Waals surface area contributed by atoms with Crippen LogP contribution in [0.2, 0.25) is 0 Å². The molecule has 3 N–H and O–H groups in total. The average molecular weight is 349 g/mol. The first-order chi connectivity index (χ1) is 12.7. The van der Waals surface area contributed by atoms with Gasteiger partial charge in [0.15, 0.2) is 0 Å². The summed E-state index contributed by atoms with van der Waals surface area (Å²) in [6.45, 7) is 0.477. The molecule has 0 radical (unpaired) electrons. The quantitative estimate of drug-likeness (QED) is 0.611. The van der Waals surface area contributed by atoms with Gasteiger partial charge >= 0.3 is 0 Å². The maximum absolute atomic E-state index is 12.1. The molecule has 2 aromatic carbocycles. The number of rotatable bonds is 7. The van der Waals surface area contributed by atoms with Gasteiger partial charge in [-0.2, -0.15) is 0 Å². The Labute approximate surface area is 151 Å². The highest BCUT2D eigenvalue weighted by atomic mass is 16.3. The third-order valence-electron chi connectivity index (χ3n) is 3.66. The van der Waals surface area contributed by atoms with Crippen molar-refractivity contribution in [3.8, 4) is 0 Å². The minimum Gasteiger partial charge on any atom is -0.467 e. The highest BCUT2D eigenvalue weighted by Gasteiger charge is 2.07. The van der Waals surface area contributed by atoms with Crippen molar-refractivity contribution in [2.24, 2.45) is 0 Å². The molecule has 0 atom stereocenters. The zero-order valence-corrected chi connectivity index (χ0v) is 14.1. The summed E-state index contributed by atoms with van der Waals surface area (Å²) in [5.74, 6) is 0.368. The fourth-order valence-electron chi connectivity index (χ4n) is 2.33. The lowest BCUT2D eigenvalue weighted by Gasteiger charge is -2.09. The maximum Gasteiger partial charge on any atom is 0.251 e. The predicted molar refractivity (Wildman–Crippen MR) is 99.9 cm³/mol. The third kappa shape index (κ3) is 4.98. The van der Waals surface area contributed by atoms with Gasteiger partial charge in [-0.1, -0.05) is 18.2 Å². The Morgan fingerprint density at radius 2 is 1.62 bits per heavy atom. The van der Waals surface area contributed by atoms with Crippen molar-refractivity contribution in [1.82, 2.24) is 5.32 Å². The van der Waals surface area contributed by atoms with Gasteiger partial charge in [0.25, 0.3) is 5.91 Å². The first-order valence-corrected chi connectivity index (χ1v) is 8.20. The number of hydrogen-bond donors (Lipinski definition) is 3. The molecule has 0 saturated heterocycles. The Balaban J connectivity index is 1.46. The Morgan fingerprint density at radius 1 is 0.846 bits per heavy atom. The van der Waals surface area contributed by atoms with Gasteiger partial charge in [-0.05, 0) is 48.5 Å². The Bertz CT molecular complexity index is 844. The summed E-state index contributed by atoms with van der Waals surface area (Å²) in [4.78, 5) is 24.0. The van der Waals surface area contributed by atoms with E-state index in [0.29, 0.717) is 17.9 Å². The fourth-order valence-corrected chi connectivity index (χ4v) is 2.33. The molecule has 3 aromatic rings. The molecule has 0 bridgehead atoms. The van der Waals surface area contributed by atoms with E-state index in [1.54, 1.807) is 42.7 Å². The van der Waals surface area contributed by atoms with E-state index in [2.05, 4.69) is 16.0 Å². The van der Waals surface area contributed by atoms with Crippen LogP contribution in [0.5, 0.6) is 0 Å². The Hall–Kier alpha value is -3.54. The van der Waals surface area contributed by atoms with Crippen molar-refractivity contribution in [3.05, 3.63) is 84.3 Å². The van der Waals surface area contributed by atoms with Crippen LogP contribution >= 0.6 is 0 Å². The van der Waals surface area contributed by atoms with Crippen LogP contribution in [0.1, 0.15) is 16.1 Å². The van der Waals surface area contributed by atoms with Crippen LogP contribution < -0.4 is 16.0 Å². The minimum atomic E-state index is -0.185. The minimum absolute atomic E-state index is 0.138. The number of nitrogens with one attached hydrogen (secondary N) is 3. The molecule has 0 aliphatic heterocycles. The van der Waals surface area contributed by atoms with E-state index < -0.39 is 0 Å². The van der Waals surface area contributed by atoms with E-state index in [1.807, 2.05) is 30.3 Å². The van der Waals surface area contributed by atoms with Gasteiger partial charge < -0.3 is 20.4 Å². The molecule has 6 heteroatoms. The van der Waals surface area contributed by atoms with Crippen LogP contribution in [0, 0.1) is 0 Å². The molecule has 1 aromatic heterocycles. The lowest BCUT2D eigenvalue weighted by Crippen LogP contribution is -2.23. The zero-order chi connectivity index (χ0) is 18.2. The summed E-state index contributed by atoms with van der Waals surface area (Å²) in [6, 6.07) is 19.8. The topological polar surface area (TPSA) is 83.4 Å². The van der Waals surface area contributed by atoms with Crippen molar-refractivity contribution >= 4 is 23.2 Å². The first kappa shape index (κ1) is 17.3. The van der Waals surface area contributed by atoms with Gasteiger partial charge in [0.2, 0.25) is 5.91 Å². The van der Waals surface area contributed by atoms with E-state index in [1.165, 1.54) is 0 Å². The summed E-state index contributed by atoms with van der Waals surface area (Å²) in [5.41, 5.74) is 2.05. The number of hydrogen-bond acceptors (Lipinski definition) is 4. The molecule has 0 saturated carbocycles. The number of amides is 2. The number of para-hydroxylation sites is 1. The number of carbonyl (C=O) groups is 2. The predicted octanol–water partition coefficient (Wildman–Crippen LogP) is 3.26. The second-order valence-electron chi connectivity index (χ2n) is 5.61. The molecule has 1 heterocycles. The molecule has 3 rings (SSSR count). The molecule has 0 aliphatic carbocycles. The van der Waals surface area contributed by atoms with E-state index in [-0.39, 0.29) is 18.4 Å². The largest absolute Gasteiger partial charge is 0.467 e. The van der Waals surface area contributed by atoms with E-state index >= 15 is 0 Å². The van der Waals surface area contributed by atoms with E-state index in [0.717, 1.165) is 11.4 Å². The van der Waals surface area contributed by atoms with E-state index in [4.69, 9.17) is 4.42 Å². The standard InChI is InChI=1S/C20H19N3O3/c24-19(23-17-5-2-1-3-6-17)14-21-16-10-8-15(9-11-16)20(25)22-13-18-7-4-12-26-18/h1-12,21H,13-14H2,(H,22,25)(H,23,24). The molecule has 0 fully saturated rings. The monoisotopic (exact) mass is 349 g/mol. The molecule has 2 amide bonds. The fraction of sp³-hybridized carbons (Fsp3) is 0.100. The molecule has 6 nitrogen and oxygen atoms in total. The van der Waals surface area contributed by atoms with E-state index in [9.17, 15) is 9.59 Å². The van der Waals surface area contributed by atoms with Crippen LogP contribution in [0.25, 0.3) is 0 Å². The molecular weight excluding hydrogens is 330 g/mol. The van der Waals surface area contributed by atoms with Gasteiger partial charge in [-0.3, -0.25) is 9.59 Å². The molecule has 0 spiro atoms. The van der Waals surface area contributed by atoms with Gasteiger partial charge in [-0.25, -0.2) is 0 Å². The highest BCUT2D eigenvalue weighted by molar-refractivity contribution is 5.95. The first-order valence-electron chi connectivity index (χ1n) is 8.20. The van der Waals surface area contributed by atoms with Crippen molar-refractivity contribution in [2.75, 3.05) is 17.2 Å². The van der Waals surface area contributed by atoms with Crippen molar-refractivity contribution in [1.29, 1.82) is 0 Å². The molecule has 0 unspecified atom stereocenters. The van der Waals surface area contributed by atoms with Gasteiger partial charge in [0.05, 0.1) is 19.4 Å². The van der Waals surface area contributed by atoms with Crippen LogP contribution in [0.3, 0.4) is 0 Å². The maximum atomic E-state index is 12.1. The summed E-state index contributed by atoms with van der Waals surface area (Å²) >= 11 is 0. The third-order valence-corrected chi connectivity index (χ3v) is 3.66. The molecule has 132 valence electrons. The molecule has 0 aliphatic rings. The van der Waals surface area contributed by atoms with Crippen LogP contribution in [-0.2, 0) is 11.3 Å². The van der Waals surface area contributed by atoms with Crippen molar-refractivity contribution < 1.29 is 14.0 Å². The molecular formula is C20H19N3O3. The number of anilines is 2. The van der Waals surface area contributed by atoms with Crippen LogP contribution in [0.4, 0.5) is 11.4 Å². The SMILES string of the molecule is O=C(CNc1ccc(C(=O)NCc2ccco2)cc1)Nc1ccccc1. The number of carbonyl (C=O) groups excluding carboxylic acids is 2. The highest BCUT2D eigenvalue weighted by Crippen LogP contribution is 2.10. The Kier molecular flexibility index (Phi) is 5.67. The number of benzene rings is 2. The average Bonchev–Trinajstić information content (AvgIpc) is 3.19. The van der Waals surface area contributed by atoms with Crippen molar-refractivity contribution in [3.63, 3.8) is 0 Å². The lowest BCUT2D eigenvalue weighted by molar-refractivity contribution is -0.114. The second kappa shape index (κ2) is 8.53. The van der Waals surface area contributed by atoms with Crippen molar-refractivity contribution in [2.45, 2.75) is 6.54 Å². The van der Waals surface area contributed by atoms with Crippen LogP contribution in [0.15, 0.2) is 77.4 Å². The summed E-state index contributed by atoms with van der Waals surface area (Å²) in [7, 11) is 0. The van der Waals surface area contributed by atoms with Gasteiger partial charge in [0, 0.05) is 16.9 Å². The number of furan rings is 1. The van der Waals surface area contributed by atoms with Gasteiger partial charge in [0.1, 0.15) is 5.76 Å². The smallest absolute Gasteiger partial charge is 0.251 e. The van der Waals surface area contributed by atoms with Crippen LogP contribution in [-0.4, -0.2) is 18.4 Å². The summed E-state index contributed by atoms with van der Waals surface area (Å²) in [6.07, 6.45) is 1.57. The lowest BCUT2D eigenvalue weighted by atomic mass is 10.2. The Morgan fingerprint density at radius 3 is 2.31 bits per heavy atom. The molecule has 26 heavy (non-hydrogen) atoms. The summed E-state index contributed by atoms with van der Waals surface area (Å²) in [5, 5.41) is 8.60. The normalized spacial score (nSPS) is 10.2. The zero-order valence-electron chi connectivity index (χ0n) is 14.1. The second-order valence-corrected chi connectivity index (χ2v) is 5.61. The summed E-state index contributed by atoms with van der Waals surface area (Å²) < 4.78 is 5.17.